The Bertz CT molecular complexity index is 4550. The molecule has 8 nitrogen and oxygen atoms in total. The Labute approximate surface area is 578 Å². The van der Waals surface area contributed by atoms with E-state index in [4.69, 9.17) is 27.5 Å². The van der Waals surface area contributed by atoms with Crippen LogP contribution in [-0.2, 0) is 5.41 Å². The molecule has 0 saturated heterocycles. The van der Waals surface area contributed by atoms with Crippen LogP contribution in [0, 0.1) is 0 Å². The van der Waals surface area contributed by atoms with Gasteiger partial charge in [0.15, 0.2) is 0 Å². The number of benzene rings is 10. The first-order chi connectivity index (χ1) is 48.0. The molecule has 1 aliphatic rings. The summed E-state index contributed by atoms with van der Waals surface area (Å²) < 4.78 is 19.6. The lowest BCUT2D eigenvalue weighted by molar-refractivity contribution is 0.398. The van der Waals surface area contributed by atoms with Crippen molar-refractivity contribution < 1.29 is 0 Å². The third kappa shape index (κ3) is 12.9. The van der Waals surface area contributed by atoms with Gasteiger partial charge >= 0.3 is 0 Å². The second-order valence-electron chi connectivity index (χ2n) is 25.9. The molecular formula is C87H78N8S2. The van der Waals surface area contributed by atoms with E-state index in [9.17, 15) is 0 Å². The van der Waals surface area contributed by atoms with Crippen LogP contribution >= 0.6 is 23.5 Å². The minimum absolute atomic E-state index is 0.143. The van der Waals surface area contributed by atoms with Gasteiger partial charge in [0.2, 0.25) is 0 Å². The molecule has 0 N–H and O–H groups in total. The van der Waals surface area contributed by atoms with Crippen LogP contribution in [0.2, 0.25) is 0 Å². The van der Waals surface area contributed by atoms with Crippen LogP contribution in [0.5, 0.6) is 0 Å². The van der Waals surface area contributed by atoms with Crippen molar-refractivity contribution in [1.82, 2.24) is 27.5 Å². The van der Waals surface area contributed by atoms with Gasteiger partial charge in [0.25, 0.3) is 0 Å². The number of fused-ring (bicyclic) bond motifs is 5. The molecular weight excluding hydrogens is 1220 g/mol. The molecule has 4 heterocycles. The molecule has 14 aromatic rings. The highest BCUT2D eigenvalue weighted by Crippen LogP contribution is 2.56. The van der Waals surface area contributed by atoms with E-state index in [1.807, 2.05) is 0 Å². The van der Waals surface area contributed by atoms with Crippen molar-refractivity contribution in [2.24, 2.45) is 0 Å². The maximum atomic E-state index is 5.23. The lowest BCUT2D eigenvalue weighted by atomic mass is 9.70. The molecule has 0 spiro atoms. The average Bonchev–Trinajstić information content (AvgIpc) is 1.56. The van der Waals surface area contributed by atoms with Crippen LogP contribution in [0.4, 0.5) is 34.1 Å². The summed E-state index contributed by atoms with van der Waals surface area (Å²) in [4.78, 5) is 15.0. The Balaban J connectivity index is 0.716. The van der Waals surface area contributed by atoms with Crippen molar-refractivity contribution in [2.75, 3.05) is 9.80 Å². The second-order valence-corrected chi connectivity index (χ2v) is 26.9. The molecule has 0 unspecified atom stereocenters. The predicted octanol–water partition coefficient (Wildman–Crippen LogP) is 25.2. The average molecular weight is 1300 g/mol. The second kappa shape index (κ2) is 29.0. The highest BCUT2D eigenvalue weighted by Gasteiger charge is 2.43. The minimum Gasteiger partial charge on any atom is -0.311 e. The third-order valence-corrected chi connectivity index (χ3v) is 20.8. The van der Waals surface area contributed by atoms with Crippen LogP contribution < -0.4 is 9.80 Å². The zero-order valence-electron chi connectivity index (χ0n) is 55.2. The lowest BCUT2D eigenvalue weighted by Gasteiger charge is -2.33. The largest absolute Gasteiger partial charge is 0.311 e. The van der Waals surface area contributed by atoms with Crippen molar-refractivity contribution in [3.05, 3.63) is 278 Å². The van der Waals surface area contributed by atoms with Gasteiger partial charge in [0.05, 0.1) is 34.8 Å². The van der Waals surface area contributed by atoms with Gasteiger partial charge in [-0.3, -0.25) is 9.97 Å². The number of para-hydroxylation sites is 4. The number of pyridine rings is 2. The summed E-state index contributed by atoms with van der Waals surface area (Å²) in [5.41, 5.74) is 28.2. The van der Waals surface area contributed by atoms with Crippen molar-refractivity contribution in [3.63, 3.8) is 0 Å². The first kappa shape index (κ1) is 62.8. The smallest absolute Gasteiger partial charge is 0.114 e. The van der Waals surface area contributed by atoms with E-state index in [2.05, 4.69) is 291 Å². The number of rotatable bonds is 26. The molecule has 10 aromatic carbocycles. The standard InChI is InChI=1S/C87H78N8S2/c1-3-5-7-9-11-25-55-87(56-26-12-10-8-6-4-2)79-57-63(65-41-53-81(88-59-65)77-51-49-73(83-85(77)92-96-90-83)61-35-43-71(44-36-61)94(67-27-17-13-18-28-67)68-29-19-14-20-30-68)39-47-75(79)76-48-40-64(58-80(76)87)66-42-54-82(89-60-66)78-52-50-74(84-86(78)93-97-91-84)62-37-45-72(46-38-62)95(69-31-21-15-22-32-69)70-33-23-16-24-34-70/h13-24,27-54,57-60H,3-12,25-26,55-56H2,1-2H3. The van der Waals surface area contributed by atoms with E-state index in [-0.39, 0.29) is 5.41 Å². The molecule has 97 heavy (non-hydrogen) atoms. The monoisotopic (exact) mass is 1300 g/mol. The van der Waals surface area contributed by atoms with Gasteiger partial charge in [-0.15, -0.1) is 0 Å². The molecule has 1 aliphatic carbocycles. The zero-order chi connectivity index (χ0) is 65.3. The maximum Gasteiger partial charge on any atom is 0.114 e. The fourth-order valence-electron chi connectivity index (χ4n) is 14.8. The maximum absolute atomic E-state index is 5.23. The number of aromatic nitrogens is 6. The third-order valence-electron chi connectivity index (χ3n) is 19.8. The van der Waals surface area contributed by atoms with Crippen LogP contribution in [0.25, 0.3) is 100 Å². The molecule has 0 amide bonds. The molecule has 0 atom stereocenters. The summed E-state index contributed by atoms with van der Waals surface area (Å²) in [6.45, 7) is 4.63. The summed E-state index contributed by atoms with van der Waals surface area (Å²) in [7, 11) is 0. The van der Waals surface area contributed by atoms with Crippen LogP contribution in [0.15, 0.2) is 267 Å². The van der Waals surface area contributed by atoms with Crippen LogP contribution in [0.3, 0.4) is 0 Å². The van der Waals surface area contributed by atoms with Crippen LogP contribution in [0.1, 0.15) is 115 Å². The molecule has 0 aliphatic heterocycles. The summed E-state index contributed by atoms with van der Waals surface area (Å²) in [5.74, 6) is 0. The molecule has 0 fully saturated rings. The number of anilines is 6. The molecule has 0 bridgehead atoms. The van der Waals surface area contributed by atoms with Gasteiger partial charge in [-0.2, -0.15) is 17.5 Å². The number of hydrogen-bond donors (Lipinski definition) is 0. The summed E-state index contributed by atoms with van der Waals surface area (Å²) >= 11 is 2.51. The molecule has 10 heteroatoms. The van der Waals surface area contributed by atoms with Gasteiger partial charge < -0.3 is 9.80 Å². The highest BCUT2D eigenvalue weighted by molar-refractivity contribution is 7.00. The first-order valence-corrected chi connectivity index (χ1v) is 36.2. The quantitative estimate of drug-likeness (QED) is 0.0496. The highest BCUT2D eigenvalue weighted by atomic mass is 32.1. The van der Waals surface area contributed by atoms with Gasteiger partial charge in [-0.05, 0) is 167 Å². The van der Waals surface area contributed by atoms with E-state index in [0.717, 1.165) is 125 Å². The van der Waals surface area contributed by atoms with E-state index in [1.165, 1.54) is 134 Å². The molecule has 478 valence electrons. The summed E-state index contributed by atoms with van der Waals surface area (Å²) in [5, 5.41) is 0. The fourth-order valence-corrected chi connectivity index (χ4v) is 15.9. The predicted molar refractivity (Wildman–Crippen MR) is 408 cm³/mol. The molecule has 0 radical (unpaired) electrons. The van der Waals surface area contributed by atoms with Crippen molar-refractivity contribution in [1.29, 1.82) is 0 Å². The van der Waals surface area contributed by atoms with Gasteiger partial charge in [0.1, 0.15) is 22.1 Å². The van der Waals surface area contributed by atoms with E-state index < -0.39 is 0 Å². The molecule has 0 saturated carbocycles. The van der Waals surface area contributed by atoms with E-state index in [0.29, 0.717) is 0 Å². The Morgan fingerprint density at radius 3 is 0.928 bits per heavy atom. The van der Waals surface area contributed by atoms with E-state index in [1.54, 1.807) is 0 Å². The minimum atomic E-state index is -0.143. The number of nitrogens with zero attached hydrogens (tertiary/aromatic N) is 8. The van der Waals surface area contributed by atoms with Crippen LogP contribution in [-0.4, -0.2) is 27.5 Å². The fraction of sp³-hybridized carbons (Fsp3) is 0.195. The summed E-state index contributed by atoms with van der Waals surface area (Å²) in [6.07, 6.45) is 21.5. The van der Waals surface area contributed by atoms with Gasteiger partial charge in [-0.25, -0.2) is 0 Å². The molecule has 4 aromatic heterocycles. The molecule has 15 rings (SSSR count). The zero-order valence-corrected chi connectivity index (χ0v) is 56.8. The normalized spacial score (nSPS) is 12.3. The Hall–Kier alpha value is -10.3. The summed E-state index contributed by atoms with van der Waals surface area (Å²) in [6, 6.07) is 91.8. The van der Waals surface area contributed by atoms with Crippen molar-refractivity contribution in [2.45, 2.75) is 109 Å². The topological polar surface area (TPSA) is 83.8 Å². The Morgan fingerprint density at radius 2 is 0.577 bits per heavy atom. The van der Waals surface area contributed by atoms with Gasteiger partial charge in [0, 0.05) is 85.3 Å². The number of hydrogen-bond acceptors (Lipinski definition) is 10. The SMILES string of the molecule is CCCCCCCCC1(CCCCCCCC)c2cc(-c3ccc(-c4ccc(-c5ccc(N(c6ccccc6)c6ccccc6)cc5)c5nsnc45)nc3)ccc2-c2ccc(-c3ccc(-c4ccc(-c5ccc(N(c6ccccc6)c6ccccc6)cc5)c5nsnc45)nc3)cc21. The lowest BCUT2D eigenvalue weighted by Crippen LogP contribution is -2.25. The van der Waals surface area contributed by atoms with E-state index >= 15 is 0 Å². The van der Waals surface area contributed by atoms with Crippen molar-refractivity contribution >= 4 is 79.6 Å². The number of unbranched alkanes of at least 4 members (excludes halogenated alkanes) is 10. The Morgan fingerprint density at radius 1 is 0.278 bits per heavy atom. The first-order valence-electron chi connectivity index (χ1n) is 34.8. The van der Waals surface area contributed by atoms with Crippen molar-refractivity contribution in [3.8, 4) is 78.1 Å². The Kier molecular flexibility index (Phi) is 18.8. The van der Waals surface area contributed by atoms with Gasteiger partial charge in [-0.1, -0.05) is 236 Å².